The van der Waals surface area contributed by atoms with E-state index in [1.54, 1.807) is 25.3 Å². The molecular formula is C32H26ClNO5S. The number of fused-ring (bicyclic) bond motifs is 1. The van der Waals surface area contributed by atoms with Crippen LogP contribution in [0.1, 0.15) is 26.4 Å². The summed E-state index contributed by atoms with van der Waals surface area (Å²) in [6.07, 6.45) is 0.528. The number of aliphatic carboxylic acids is 1. The molecule has 0 spiro atoms. The number of carbonyl (C=O) groups is 2. The summed E-state index contributed by atoms with van der Waals surface area (Å²) in [7, 11) is 1.59. The molecule has 0 unspecified atom stereocenters. The predicted octanol–water partition coefficient (Wildman–Crippen LogP) is 6.95. The van der Waals surface area contributed by atoms with E-state index >= 15 is 0 Å². The van der Waals surface area contributed by atoms with Gasteiger partial charge in [-0.25, -0.2) is 4.79 Å². The molecule has 5 rings (SSSR count). The molecule has 0 bridgehead atoms. The Balaban J connectivity index is 1.35. The number of phenols is 1. The molecule has 1 atom stereocenters. The normalized spacial score (nSPS) is 11.8. The number of amides is 1. The van der Waals surface area contributed by atoms with Crippen molar-refractivity contribution in [2.45, 2.75) is 18.9 Å². The van der Waals surface area contributed by atoms with Crippen LogP contribution in [0.4, 0.5) is 0 Å². The van der Waals surface area contributed by atoms with Crippen molar-refractivity contribution in [1.29, 1.82) is 0 Å². The lowest BCUT2D eigenvalue weighted by Gasteiger charge is -2.17. The molecular weight excluding hydrogens is 546 g/mol. The Morgan fingerprint density at radius 2 is 1.70 bits per heavy atom. The van der Waals surface area contributed by atoms with Gasteiger partial charge in [0, 0.05) is 16.1 Å². The second kappa shape index (κ2) is 11.8. The maximum atomic E-state index is 13.2. The van der Waals surface area contributed by atoms with Crippen molar-refractivity contribution in [2.24, 2.45) is 0 Å². The number of rotatable bonds is 9. The van der Waals surface area contributed by atoms with E-state index in [4.69, 9.17) is 16.3 Å². The SMILES string of the molecule is COc1cccc(Cc2cc(O)ccc2C[C@H](NC(=O)c2cc3cc(-c4ccc(Cl)cc4)ccc3s2)C(=O)O)c1. The van der Waals surface area contributed by atoms with Gasteiger partial charge < -0.3 is 20.3 Å². The number of nitrogens with one attached hydrogen (secondary N) is 1. The van der Waals surface area contributed by atoms with Gasteiger partial charge in [-0.15, -0.1) is 11.3 Å². The quantitative estimate of drug-likeness (QED) is 0.178. The predicted molar refractivity (Wildman–Crippen MR) is 159 cm³/mol. The number of carboxylic acid groups (broad SMARTS) is 1. The van der Waals surface area contributed by atoms with Gasteiger partial charge >= 0.3 is 5.97 Å². The van der Waals surface area contributed by atoms with Crippen molar-refractivity contribution in [3.05, 3.63) is 118 Å². The molecule has 0 radical (unpaired) electrons. The maximum absolute atomic E-state index is 13.2. The number of methoxy groups -OCH3 is 1. The molecule has 202 valence electrons. The summed E-state index contributed by atoms with van der Waals surface area (Å²) in [4.78, 5) is 25.8. The van der Waals surface area contributed by atoms with Gasteiger partial charge in [0.25, 0.3) is 5.91 Å². The summed E-state index contributed by atoms with van der Waals surface area (Å²) >= 11 is 7.32. The lowest BCUT2D eigenvalue weighted by molar-refractivity contribution is -0.139. The fourth-order valence-corrected chi connectivity index (χ4v) is 5.68. The Labute approximate surface area is 240 Å². The zero-order valence-corrected chi connectivity index (χ0v) is 23.1. The highest BCUT2D eigenvalue weighted by Crippen LogP contribution is 2.31. The number of thiophene rings is 1. The van der Waals surface area contributed by atoms with Crippen molar-refractivity contribution in [1.82, 2.24) is 5.32 Å². The van der Waals surface area contributed by atoms with Gasteiger partial charge in [0.1, 0.15) is 17.5 Å². The third-order valence-electron chi connectivity index (χ3n) is 6.66. The zero-order valence-electron chi connectivity index (χ0n) is 21.6. The molecule has 0 saturated carbocycles. The number of carbonyl (C=O) groups excluding carboxylic acids is 1. The summed E-state index contributed by atoms with van der Waals surface area (Å²) < 4.78 is 6.23. The minimum absolute atomic E-state index is 0.0618. The summed E-state index contributed by atoms with van der Waals surface area (Å²) in [6.45, 7) is 0. The van der Waals surface area contributed by atoms with Crippen molar-refractivity contribution in [2.75, 3.05) is 7.11 Å². The molecule has 40 heavy (non-hydrogen) atoms. The van der Waals surface area contributed by atoms with E-state index in [-0.39, 0.29) is 12.2 Å². The van der Waals surface area contributed by atoms with Gasteiger partial charge in [-0.05, 0) is 94.2 Å². The molecule has 5 aromatic rings. The smallest absolute Gasteiger partial charge is 0.326 e. The number of phenolic OH excluding ortho intramolecular Hbond substituents is 1. The number of hydrogen-bond donors (Lipinski definition) is 3. The molecule has 6 nitrogen and oxygen atoms in total. The van der Waals surface area contributed by atoms with Crippen LogP contribution in [-0.2, 0) is 17.6 Å². The van der Waals surface area contributed by atoms with Crippen LogP contribution in [0.2, 0.25) is 5.02 Å². The van der Waals surface area contributed by atoms with Gasteiger partial charge in [0.05, 0.1) is 12.0 Å². The third-order valence-corrected chi connectivity index (χ3v) is 8.03. The Kier molecular flexibility index (Phi) is 8.05. The fraction of sp³-hybridized carbons (Fsp3) is 0.125. The van der Waals surface area contributed by atoms with Gasteiger partial charge in [-0.2, -0.15) is 0 Å². The van der Waals surface area contributed by atoms with E-state index in [0.717, 1.165) is 37.9 Å². The lowest BCUT2D eigenvalue weighted by atomic mass is 9.95. The summed E-state index contributed by atoms with van der Waals surface area (Å²) in [6, 6.07) is 26.5. The van der Waals surface area contributed by atoms with Gasteiger partial charge in [0.2, 0.25) is 0 Å². The van der Waals surface area contributed by atoms with E-state index in [2.05, 4.69) is 5.32 Å². The fourth-order valence-electron chi connectivity index (χ4n) is 4.60. The largest absolute Gasteiger partial charge is 0.508 e. The van der Waals surface area contributed by atoms with E-state index in [9.17, 15) is 19.8 Å². The van der Waals surface area contributed by atoms with E-state index in [1.807, 2.05) is 66.7 Å². The Morgan fingerprint density at radius 1 is 0.925 bits per heavy atom. The molecule has 4 aromatic carbocycles. The Hall–Kier alpha value is -4.33. The molecule has 0 aliphatic heterocycles. The second-order valence-corrected chi connectivity index (χ2v) is 10.9. The van der Waals surface area contributed by atoms with Crippen LogP contribution in [-0.4, -0.2) is 35.2 Å². The standard InChI is InChI=1S/C32H26ClNO5S/c1-39-27-4-2-3-19(14-27)13-23-16-26(35)11-7-22(23)17-28(32(37)38)34-31(36)30-18-24-15-21(8-12-29(24)40-30)20-5-9-25(33)10-6-20/h2-12,14-16,18,28,35H,13,17H2,1H3,(H,34,36)(H,37,38)/t28-/m0/s1. The highest BCUT2D eigenvalue weighted by atomic mass is 35.5. The molecule has 3 N–H and O–H groups in total. The van der Waals surface area contributed by atoms with Crippen LogP contribution < -0.4 is 10.1 Å². The summed E-state index contributed by atoms with van der Waals surface area (Å²) in [5.74, 6) is -0.797. The molecule has 1 aromatic heterocycles. The number of aromatic hydroxyl groups is 1. The lowest BCUT2D eigenvalue weighted by Crippen LogP contribution is -2.42. The molecule has 1 heterocycles. The van der Waals surface area contributed by atoms with E-state index < -0.39 is 17.9 Å². The van der Waals surface area contributed by atoms with Crippen molar-refractivity contribution in [3.63, 3.8) is 0 Å². The number of halogens is 1. The third kappa shape index (κ3) is 6.28. The first-order chi connectivity index (χ1) is 19.3. The highest BCUT2D eigenvalue weighted by molar-refractivity contribution is 7.20. The molecule has 8 heteroatoms. The van der Waals surface area contributed by atoms with Gasteiger partial charge in [-0.3, -0.25) is 4.79 Å². The molecule has 0 saturated heterocycles. The number of carboxylic acids is 1. The topological polar surface area (TPSA) is 95.9 Å². The number of benzene rings is 4. The minimum atomic E-state index is -1.16. The summed E-state index contributed by atoms with van der Waals surface area (Å²) in [5.41, 5.74) is 4.44. The minimum Gasteiger partial charge on any atom is -0.508 e. The van der Waals surface area contributed by atoms with Crippen LogP contribution in [0.25, 0.3) is 21.2 Å². The second-order valence-electron chi connectivity index (χ2n) is 9.42. The first-order valence-corrected chi connectivity index (χ1v) is 13.8. The number of ether oxygens (including phenoxy) is 1. The first kappa shape index (κ1) is 27.2. The highest BCUT2D eigenvalue weighted by Gasteiger charge is 2.24. The molecule has 0 aliphatic carbocycles. The Morgan fingerprint density at radius 3 is 2.45 bits per heavy atom. The van der Waals surface area contributed by atoms with Gasteiger partial charge in [-0.1, -0.05) is 48.0 Å². The van der Waals surface area contributed by atoms with Crippen molar-refractivity contribution >= 4 is 44.9 Å². The van der Waals surface area contributed by atoms with Gasteiger partial charge in [0.15, 0.2) is 0 Å². The monoisotopic (exact) mass is 571 g/mol. The zero-order chi connectivity index (χ0) is 28.2. The van der Waals surface area contributed by atoms with Crippen LogP contribution in [0.5, 0.6) is 11.5 Å². The first-order valence-electron chi connectivity index (χ1n) is 12.6. The van der Waals surface area contributed by atoms with Crippen LogP contribution in [0.15, 0.2) is 91.0 Å². The molecule has 1 amide bonds. The van der Waals surface area contributed by atoms with E-state index in [1.165, 1.54) is 17.4 Å². The molecule has 0 aliphatic rings. The van der Waals surface area contributed by atoms with Crippen molar-refractivity contribution in [3.8, 4) is 22.6 Å². The number of hydrogen-bond acceptors (Lipinski definition) is 5. The van der Waals surface area contributed by atoms with E-state index in [0.29, 0.717) is 22.1 Å². The van der Waals surface area contributed by atoms with Crippen LogP contribution in [0, 0.1) is 0 Å². The summed E-state index contributed by atoms with van der Waals surface area (Å²) in [5, 5.41) is 24.3. The van der Waals surface area contributed by atoms with Crippen LogP contribution in [0.3, 0.4) is 0 Å². The average Bonchev–Trinajstić information content (AvgIpc) is 3.38. The van der Waals surface area contributed by atoms with Crippen LogP contribution >= 0.6 is 22.9 Å². The van der Waals surface area contributed by atoms with Crippen molar-refractivity contribution < 1.29 is 24.5 Å². The maximum Gasteiger partial charge on any atom is 0.326 e. The molecule has 0 fully saturated rings. The Bertz CT molecular complexity index is 1700. The average molecular weight is 572 g/mol.